The number of carboxylic acid groups (broad SMARTS) is 1. The summed E-state index contributed by atoms with van der Waals surface area (Å²) in [5.74, 6) is -0.0792. The molecule has 2 aromatic carbocycles. The highest BCUT2D eigenvalue weighted by Gasteiger charge is 2.30. The summed E-state index contributed by atoms with van der Waals surface area (Å²) in [6, 6.07) is 16.0. The second-order valence-corrected chi connectivity index (χ2v) is 7.99. The third kappa shape index (κ3) is 6.73. The van der Waals surface area contributed by atoms with Gasteiger partial charge in [-0.2, -0.15) is 13.2 Å². The van der Waals surface area contributed by atoms with Crippen LogP contribution in [0.25, 0.3) is 11.3 Å². The molecule has 0 aliphatic heterocycles. The lowest BCUT2D eigenvalue weighted by Crippen LogP contribution is -2.29. The van der Waals surface area contributed by atoms with Gasteiger partial charge in [-0.3, -0.25) is 0 Å². The van der Waals surface area contributed by atoms with Gasteiger partial charge in [0.15, 0.2) is 0 Å². The van der Waals surface area contributed by atoms with Gasteiger partial charge in [-0.05, 0) is 54.8 Å². The molecule has 0 saturated carbocycles. The van der Waals surface area contributed by atoms with Crippen LogP contribution in [0, 0.1) is 6.92 Å². The maximum atomic E-state index is 12.9. The molecular weight excluding hydrogens is 445 g/mol. The number of ether oxygens (including phenoxy) is 1. The molecule has 0 fully saturated rings. The number of carbonyl (C=O) groups is 1. The number of aryl methyl sites for hydroxylation is 1. The highest BCUT2D eigenvalue weighted by molar-refractivity contribution is 5.66. The quantitative estimate of drug-likeness (QED) is 0.416. The first-order valence-corrected chi connectivity index (χ1v) is 11.0. The highest BCUT2D eigenvalue weighted by atomic mass is 19.4. The summed E-state index contributed by atoms with van der Waals surface area (Å²) in [5, 5.41) is 10.6. The fourth-order valence-electron chi connectivity index (χ4n) is 3.54. The molecule has 0 atom stereocenters. The molecule has 3 aromatic rings. The van der Waals surface area contributed by atoms with Gasteiger partial charge in [0, 0.05) is 18.7 Å². The predicted molar refractivity (Wildman–Crippen MR) is 122 cm³/mol. The molecule has 0 aliphatic carbocycles. The van der Waals surface area contributed by atoms with Crippen LogP contribution in [0.3, 0.4) is 0 Å². The summed E-state index contributed by atoms with van der Waals surface area (Å²) in [4.78, 5) is 17.5. The molecule has 0 aliphatic rings. The number of carboxylic acids is 1. The lowest BCUT2D eigenvalue weighted by Gasteiger charge is -2.25. The minimum Gasteiger partial charge on any atom is -0.546 e. The number of halogens is 3. The number of unbranched alkanes of at least 4 members (excludes halogenated alkanes) is 1. The molecule has 8 heteroatoms. The molecular formula is C26H26F3N2O3-. The van der Waals surface area contributed by atoms with Gasteiger partial charge in [-0.25, -0.2) is 4.98 Å². The molecule has 34 heavy (non-hydrogen) atoms. The van der Waals surface area contributed by atoms with Crippen molar-refractivity contribution >= 4 is 11.8 Å². The standard InChI is InChI=1S/C26H27F3N2O3/c1-3-4-14-31(16-19-8-13-23(18(2)15-19)34-17-25(32)33)24-7-5-6-22(30-24)20-9-11-21(12-10-20)26(27,28)29/h5-13,15H,3-4,14,16-17H2,1-2H3,(H,32,33)/p-1. The van der Waals surface area contributed by atoms with E-state index >= 15 is 0 Å². The Bertz CT molecular complexity index is 1120. The van der Waals surface area contributed by atoms with Crippen LogP contribution in [0.5, 0.6) is 5.75 Å². The number of carbonyl (C=O) groups excluding carboxylic acids is 1. The number of anilines is 1. The van der Waals surface area contributed by atoms with Crippen molar-refractivity contribution in [2.24, 2.45) is 0 Å². The van der Waals surface area contributed by atoms with Crippen LogP contribution < -0.4 is 14.7 Å². The van der Waals surface area contributed by atoms with Crippen molar-refractivity contribution in [1.29, 1.82) is 0 Å². The number of alkyl halides is 3. The zero-order chi connectivity index (χ0) is 24.7. The number of aromatic nitrogens is 1. The SMILES string of the molecule is CCCCN(Cc1ccc(OCC(=O)[O-])c(C)c1)c1cccc(-c2ccc(C(F)(F)F)cc2)n1. The van der Waals surface area contributed by atoms with Crippen LogP contribution in [0.1, 0.15) is 36.5 Å². The Morgan fingerprint density at radius 2 is 1.82 bits per heavy atom. The highest BCUT2D eigenvalue weighted by Crippen LogP contribution is 2.31. The average molecular weight is 471 g/mol. The number of rotatable bonds is 10. The summed E-state index contributed by atoms with van der Waals surface area (Å²) in [6.07, 6.45) is -2.45. The number of hydrogen-bond donors (Lipinski definition) is 0. The first-order valence-electron chi connectivity index (χ1n) is 11.0. The van der Waals surface area contributed by atoms with Crippen molar-refractivity contribution in [1.82, 2.24) is 4.98 Å². The monoisotopic (exact) mass is 471 g/mol. The van der Waals surface area contributed by atoms with E-state index in [2.05, 4.69) is 11.8 Å². The summed E-state index contributed by atoms with van der Waals surface area (Å²) in [5.41, 5.74) is 2.31. The van der Waals surface area contributed by atoms with E-state index in [1.54, 1.807) is 12.1 Å². The van der Waals surface area contributed by atoms with Gasteiger partial charge in [-0.1, -0.05) is 43.7 Å². The lowest BCUT2D eigenvalue weighted by molar-refractivity contribution is -0.307. The topological polar surface area (TPSA) is 65.5 Å². The fourth-order valence-corrected chi connectivity index (χ4v) is 3.54. The maximum Gasteiger partial charge on any atom is 0.416 e. The van der Waals surface area contributed by atoms with Crippen molar-refractivity contribution in [3.05, 3.63) is 77.4 Å². The smallest absolute Gasteiger partial charge is 0.416 e. The van der Waals surface area contributed by atoms with E-state index in [1.165, 1.54) is 12.1 Å². The molecule has 0 N–H and O–H groups in total. The van der Waals surface area contributed by atoms with Crippen LogP contribution in [-0.4, -0.2) is 24.1 Å². The Morgan fingerprint density at radius 1 is 1.09 bits per heavy atom. The Kier molecular flexibility index (Phi) is 8.15. The molecule has 5 nitrogen and oxygen atoms in total. The van der Waals surface area contributed by atoms with E-state index in [0.717, 1.165) is 48.5 Å². The minimum atomic E-state index is -4.38. The first-order chi connectivity index (χ1) is 16.2. The molecule has 0 saturated heterocycles. The fraction of sp³-hybridized carbons (Fsp3) is 0.308. The van der Waals surface area contributed by atoms with Crippen LogP contribution in [-0.2, 0) is 17.5 Å². The van der Waals surface area contributed by atoms with Crippen molar-refractivity contribution < 1.29 is 27.8 Å². The van der Waals surface area contributed by atoms with Crippen molar-refractivity contribution in [2.75, 3.05) is 18.1 Å². The number of benzene rings is 2. The Balaban J connectivity index is 1.83. The normalized spacial score (nSPS) is 11.3. The van der Waals surface area contributed by atoms with Gasteiger partial charge < -0.3 is 19.5 Å². The summed E-state index contributed by atoms with van der Waals surface area (Å²) < 4.78 is 43.9. The maximum absolute atomic E-state index is 12.9. The van der Waals surface area contributed by atoms with E-state index in [-0.39, 0.29) is 0 Å². The van der Waals surface area contributed by atoms with Gasteiger partial charge in [0.2, 0.25) is 0 Å². The van der Waals surface area contributed by atoms with Crippen LogP contribution >= 0.6 is 0 Å². The van der Waals surface area contributed by atoms with Crippen molar-refractivity contribution in [3.63, 3.8) is 0 Å². The lowest BCUT2D eigenvalue weighted by atomic mass is 10.1. The molecule has 0 radical (unpaired) electrons. The molecule has 1 heterocycles. The third-order valence-corrected chi connectivity index (χ3v) is 5.31. The minimum absolute atomic E-state index is 0.482. The summed E-state index contributed by atoms with van der Waals surface area (Å²) in [6.45, 7) is 4.74. The van der Waals surface area contributed by atoms with Gasteiger partial charge in [0.05, 0.1) is 17.2 Å². The molecule has 0 unspecified atom stereocenters. The number of pyridine rings is 1. The van der Waals surface area contributed by atoms with Gasteiger partial charge >= 0.3 is 6.18 Å². The van der Waals surface area contributed by atoms with Gasteiger partial charge in [0.1, 0.15) is 18.2 Å². The second kappa shape index (κ2) is 11.0. The first kappa shape index (κ1) is 25.1. The average Bonchev–Trinajstić information content (AvgIpc) is 2.80. The molecule has 0 bridgehead atoms. The largest absolute Gasteiger partial charge is 0.546 e. The van der Waals surface area contributed by atoms with Crippen molar-refractivity contribution in [3.8, 4) is 17.0 Å². The Labute approximate surface area is 196 Å². The summed E-state index contributed by atoms with van der Waals surface area (Å²) in [7, 11) is 0. The molecule has 0 amide bonds. The van der Waals surface area contributed by atoms with E-state index < -0.39 is 24.3 Å². The van der Waals surface area contributed by atoms with Gasteiger partial charge in [0.25, 0.3) is 0 Å². The Hall–Kier alpha value is -3.55. The number of nitrogens with zero attached hydrogens (tertiary/aromatic N) is 2. The zero-order valence-electron chi connectivity index (χ0n) is 19.1. The molecule has 1 aromatic heterocycles. The summed E-state index contributed by atoms with van der Waals surface area (Å²) >= 11 is 0. The van der Waals surface area contributed by atoms with Crippen LogP contribution in [0.4, 0.5) is 19.0 Å². The Morgan fingerprint density at radius 3 is 2.44 bits per heavy atom. The van der Waals surface area contributed by atoms with Crippen LogP contribution in [0.15, 0.2) is 60.7 Å². The van der Waals surface area contributed by atoms with E-state index in [4.69, 9.17) is 9.72 Å². The molecule has 180 valence electrons. The van der Waals surface area contributed by atoms with E-state index in [1.807, 2.05) is 31.2 Å². The van der Waals surface area contributed by atoms with E-state index in [9.17, 15) is 23.1 Å². The third-order valence-electron chi connectivity index (χ3n) is 5.31. The molecule has 0 spiro atoms. The van der Waals surface area contributed by atoms with Crippen molar-refractivity contribution in [2.45, 2.75) is 39.4 Å². The van der Waals surface area contributed by atoms with E-state index in [0.29, 0.717) is 23.6 Å². The number of hydrogen-bond acceptors (Lipinski definition) is 5. The van der Waals surface area contributed by atoms with Gasteiger partial charge in [-0.15, -0.1) is 0 Å². The predicted octanol–water partition coefficient (Wildman–Crippen LogP) is 5.01. The number of aliphatic carboxylic acids is 1. The van der Waals surface area contributed by atoms with Crippen LogP contribution in [0.2, 0.25) is 0 Å². The second-order valence-electron chi connectivity index (χ2n) is 7.99. The molecule has 3 rings (SSSR count). The zero-order valence-corrected chi connectivity index (χ0v) is 19.1.